The van der Waals surface area contributed by atoms with E-state index in [2.05, 4.69) is 21.4 Å². The van der Waals surface area contributed by atoms with Crippen LogP contribution in [-0.2, 0) is 16.2 Å². The summed E-state index contributed by atoms with van der Waals surface area (Å²) in [7, 11) is 1.50. The number of hydrogen-bond acceptors (Lipinski definition) is 4. The normalized spacial score (nSPS) is 14.6. The molecule has 1 N–H and O–H groups in total. The lowest BCUT2D eigenvalue weighted by Gasteiger charge is -2.15. The number of halogens is 2. The highest BCUT2D eigenvalue weighted by Crippen LogP contribution is 2.37. The topological polar surface area (TPSA) is 67.9 Å². The summed E-state index contributed by atoms with van der Waals surface area (Å²) < 4.78 is 12.4. The van der Waals surface area contributed by atoms with Gasteiger partial charge in [0, 0.05) is 21.1 Å². The smallest absolute Gasteiger partial charge is 0.282 e. The summed E-state index contributed by atoms with van der Waals surface area (Å²) in [6.45, 7) is 0.262. The Bertz CT molecular complexity index is 1200. The van der Waals surface area contributed by atoms with Gasteiger partial charge in [0.2, 0.25) is 0 Å². The van der Waals surface area contributed by atoms with Gasteiger partial charge in [0.25, 0.3) is 11.8 Å². The van der Waals surface area contributed by atoms with Crippen LogP contribution in [0.15, 0.2) is 76.8 Å². The second-order valence-corrected chi connectivity index (χ2v) is 8.27. The molecular weight excluding hydrogens is 496 g/mol. The molecule has 0 aliphatic carbocycles. The van der Waals surface area contributed by atoms with Crippen LogP contribution >= 0.6 is 27.5 Å². The highest BCUT2D eigenvalue weighted by atomic mass is 79.9. The monoisotopic (exact) mass is 512 g/mol. The van der Waals surface area contributed by atoms with E-state index in [1.54, 1.807) is 36.4 Å². The molecule has 32 heavy (non-hydrogen) atoms. The van der Waals surface area contributed by atoms with E-state index in [-0.39, 0.29) is 12.2 Å². The number of anilines is 1. The number of hydrogen-bond donors (Lipinski definition) is 1. The van der Waals surface area contributed by atoms with Crippen molar-refractivity contribution in [3.63, 3.8) is 0 Å². The molecule has 2 amide bonds. The van der Waals surface area contributed by atoms with E-state index in [1.165, 1.54) is 18.2 Å². The van der Waals surface area contributed by atoms with Gasteiger partial charge in [0.1, 0.15) is 12.2 Å². The zero-order valence-corrected chi connectivity index (χ0v) is 19.3. The van der Waals surface area contributed by atoms with Crippen molar-refractivity contribution in [2.75, 3.05) is 12.1 Å². The maximum Gasteiger partial charge on any atom is 0.282 e. The first-order valence-corrected chi connectivity index (χ1v) is 10.8. The first-order chi connectivity index (χ1) is 15.5. The lowest BCUT2D eigenvalue weighted by molar-refractivity contribution is -0.117. The van der Waals surface area contributed by atoms with Crippen molar-refractivity contribution in [3.05, 3.63) is 92.9 Å². The van der Waals surface area contributed by atoms with Crippen LogP contribution in [0.4, 0.5) is 5.69 Å². The number of para-hydroxylation sites is 1. The number of amides is 2. The zero-order valence-electron chi connectivity index (χ0n) is 17.0. The molecule has 3 aromatic carbocycles. The molecule has 0 aromatic heterocycles. The second-order valence-electron chi connectivity index (χ2n) is 6.92. The molecule has 0 saturated carbocycles. The van der Waals surface area contributed by atoms with E-state index in [0.29, 0.717) is 27.8 Å². The molecule has 1 aliphatic heterocycles. The SMILES string of the molecule is COc1cc(Cl)cc(/C=C2\C(=O)NN(c3ccccc3)C2=O)c1OCc1ccc(Br)cc1. The van der Waals surface area contributed by atoms with Crippen LogP contribution in [0.25, 0.3) is 6.08 Å². The predicted octanol–water partition coefficient (Wildman–Crippen LogP) is 5.15. The van der Waals surface area contributed by atoms with Crippen molar-refractivity contribution in [3.8, 4) is 11.5 Å². The summed E-state index contributed by atoms with van der Waals surface area (Å²) in [6, 6.07) is 19.8. The van der Waals surface area contributed by atoms with Gasteiger partial charge in [0.15, 0.2) is 11.5 Å². The second kappa shape index (κ2) is 9.46. The van der Waals surface area contributed by atoms with Crippen molar-refractivity contribution in [1.29, 1.82) is 0 Å². The van der Waals surface area contributed by atoms with E-state index < -0.39 is 11.8 Å². The van der Waals surface area contributed by atoms with Crippen LogP contribution in [0.2, 0.25) is 5.02 Å². The molecule has 4 rings (SSSR count). The van der Waals surface area contributed by atoms with Gasteiger partial charge in [-0.15, -0.1) is 0 Å². The average Bonchev–Trinajstić information content (AvgIpc) is 3.08. The fraction of sp³-hybridized carbons (Fsp3) is 0.0833. The van der Waals surface area contributed by atoms with E-state index >= 15 is 0 Å². The molecule has 1 heterocycles. The molecule has 1 aliphatic rings. The third-order valence-electron chi connectivity index (χ3n) is 4.77. The Morgan fingerprint density at radius 2 is 1.78 bits per heavy atom. The summed E-state index contributed by atoms with van der Waals surface area (Å²) in [4.78, 5) is 25.5. The maximum atomic E-state index is 12.9. The van der Waals surface area contributed by atoms with Gasteiger partial charge in [-0.1, -0.05) is 57.9 Å². The quantitative estimate of drug-likeness (QED) is 0.366. The van der Waals surface area contributed by atoms with Gasteiger partial charge in [-0.2, -0.15) is 0 Å². The number of carbonyl (C=O) groups is 2. The van der Waals surface area contributed by atoms with E-state index in [0.717, 1.165) is 10.0 Å². The number of nitrogens with zero attached hydrogens (tertiary/aromatic N) is 1. The molecule has 1 saturated heterocycles. The minimum Gasteiger partial charge on any atom is -0.493 e. The number of ether oxygens (including phenoxy) is 2. The Morgan fingerprint density at radius 3 is 2.47 bits per heavy atom. The molecular formula is C24H18BrClN2O4. The first-order valence-electron chi connectivity index (χ1n) is 9.63. The largest absolute Gasteiger partial charge is 0.493 e. The number of nitrogens with one attached hydrogen (secondary N) is 1. The predicted molar refractivity (Wildman–Crippen MR) is 127 cm³/mol. The molecule has 1 fully saturated rings. The summed E-state index contributed by atoms with van der Waals surface area (Å²) in [5.41, 5.74) is 4.50. The number of hydrazine groups is 1. The van der Waals surface area contributed by atoms with Crippen molar-refractivity contribution < 1.29 is 19.1 Å². The van der Waals surface area contributed by atoms with Gasteiger partial charge in [0.05, 0.1) is 12.8 Å². The van der Waals surface area contributed by atoms with Crippen molar-refractivity contribution in [2.45, 2.75) is 6.61 Å². The minimum atomic E-state index is -0.517. The molecule has 0 bridgehead atoms. The van der Waals surface area contributed by atoms with Gasteiger partial charge in [-0.3, -0.25) is 15.0 Å². The molecule has 0 spiro atoms. The molecule has 0 atom stereocenters. The van der Waals surface area contributed by atoms with Crippen LogP contribution < -0.4 is 19.9 Å². The highest BCUT2D eigenvalue weighted by molar-refractivity contribution is 9.10. The van der Waals surface area contributed by atoms with Crippen molar-refractivity contribution in [1.82, 2.24) is 5.43 Å². The number of benzene rings is 3. The van der Waals surface area contributed by atoms with Crippen LogP contribution in [0.5, 0.6) is 11.5 Å². The fourth-order valence-corrected chi connectivity index (χ4v) is 3.69. The fourth-order valence-electron chi connectivity index (χ4n) is 3.21. The molecule has 0 radical (unpaired) electrons. The highest BCUT2D eigenvalue weighted by Gasteiger charge is 2.34. The minimum absolute atomic E-state index is 0.0355. The Kier molecular flexibility index (Phi) is 6.48. The van der Waals surface area contributed by atoms with Crippen LogP contribution in [0, 0.1) is 0 Å². The van der Waals surface area contributed by atoms with Gasteiger partial charge in [-0.05, 0) is 42.0 Å². The summed E-state index contributed by atoms with van der Waals surface area (Å²) in [6.07, 6.45) is 1.46. The molecule has 6 nitrogen and oxygen atoms in total. The van der Waals surface area contributed by atoms with Gasteiger partial charge >= 0.3 is 0 Å². The van der Waals surface area contributed by atoms with Crippen LogP contribution in [0.1, 0.15) is 11.1 Å². The third kappa shape index (κ3) is 4.64. The van der Waals surface area contributed by atoms with Crippen molar-refractivity contribution >= 4 is 51.1 Å². The van der Waals surface area contributed by atoms with Crippen molar-refractivity contribution in [2.24, 2.45) is 0 Å². The standard InChI is InChI=1S/C24H18BrClN2O4/c1-31-21-13-18(26)11-16(22(21)32-14-15-7-9-17(25)10-8-15)12-20-23(29)27-28(24(20)30)19-5-3-2-4-6-19/h2-13H,14H2,1H3,(H,27,29)/b20-12+. The number of rotatable bonds is 6. The summed E-state index contributed by atoms with van der Waals surface area (Å²) >= 11 is 9.66. The molecule has 8 heteroatoms. The Balaban J connectivity index is 1.68. The van der Waals surface area contributed by atoms with E-state index in [4.69, 9.17) is 21.1 Å². The summed E-state index contributed by atoms with van der Waals surface area (Å²) in [5, 5.41) is 1.59. The molecule has 162 valence electrons. The van der Waals surface area contributed by atoms with Gasteiger partial charge < -0.3 is 9.47 Å². The van der Waals surface area contributed by atoms with Crippen LogP contribution in [0.3, 0.4) is 0 Å². The number of carbonyl (C=O) groups excluding carboxylic acids is 2. The Hall–Kier alpha value is -3.29. The molecule has 0 unspecified atom stereocenters. The van der Waals surface area contributed by atoms with Gasteiger partial charge in [-0.25, -0.2) is 5.01 Å². The number of methoxy groups -OCH3 is 1. The Labute approximate surface area is 198 Å². The lowest BCUT2D eigenvalue weighted by atomic mass is 10.1. The lowest BCUT2D eigenvalue weighted by Crippen LogP contribution is -2.35. The Morgan fingerprint density at radius 1 is 1.06 bits per heavy atom. The van der Waals surface area contributed by atoms with Crippen LogP contribution in [-0.4, -0.2) is 18.9 Å². The zero-order chi connectivity index (χ0) is 22.7. The summed E-state index contributed by atoms with van der Waals surface area (Å²) in [5.74, 6) is -0.214. The molecule has 3 aromatic rings. The van der Waals surface area contributed by atoms with E-state index in [9.17, 15) is 9.59 Å². The van der Waals surface area contributed by atoms with E-state index in [1.807, 2.05) is 30.3 Å². The first kappa shape index (κ1) is 21.9. The average molecular weight is 514 g/mol. The third-order valence-corrected chi connectivity index (χ3v) is 5.52. The maximum absolute atomic E-state index is 12.9.